The number of nitrogens with two attached hydrogens (primary N) is 1. The number of carboxylic acids is 1. The van der Waals surface area contributed by atoms with Crippen LogP contribution in [0.1, 0.15) is 50.1 Å². The molecule has 0 saturated carbocycles. The van der Waals surface area contributed by atoms with Crippen LogP contribution in [-0.4, -0.2) is 52.4 Å². The molecule has 1 aliphatic rings. The third kappa shape index (κ3) is 7.34. The zero-order chi connectivity index (χ0) is 34.0. The Hall–Kier alpha value is -5.89. The number of nitrogens with zero attached hydrogens (tertiary/aromatic N) is 2. The minimum absolute atomic E-state index is 0.0382. The number of nitrogens with one attached hydrogen (secondary N) is 2. The average molecular weight is 648 g/mol. The van der Waals surface area contributed by atoms with E-state index >= 15 is 0 Å². The van der Waals surface area contributed by atoms with Gasteiger partial charge in [0.2, 0.25) is 5.91 Å². The third-order valence-electron chi connectivity index (χ3n) is 7.27. The quantitative estimate of drug-likeness (QED) is 0.162. The Kier molecular flexibility index (Phi) is 8.88. The van der Waals surface area contributed by atoms with Crippen molar-refractivity contribution < 1.29 is 42.2 Å². The zero-order valence-corrected chi connectivity index (χ0v) is 25.0. The molecule has 0 saturated heterocycles. The summed E-state index contributed by atoms with van der Waals surface area (Å²) in [6.45, 7) is 0. The lowest BCUT2D eigenvalue weighted by molar-refractivity contribution is -0.137. The molecule has 1 unspecified atom stereocenters. The van der Waals surface area contributed by atoms with Crippen LogP contribution in [0.4, 0.5) is 24.5 Å². The van der Waals surface area contributed by atoms with Crippen LogP contribution in [0.5, 0.6) is 11.5 Å². The molecule has 4 aromatic rings. The number of aromatic nitrogens is 1. The Morgan fingerprint density at radius 3 is 2.43 bits per heavy atom. The van der Waals surface area contributed by atoms with E-state index in [1.165, 1.54) is 30.5 Å². The Morgan fingerprint density at radius 2 is 1.74 bits per heavy atom. The van der Waals surface area contributed by atoms with Crippen molar-refractivity contribution in [2.45, 2.75) is 18.8 Å². The van der Waals surface area contributed by atoms with Gasteiger partial charge in [0.25, 0.3) is 11.8 Å². The minimum atomic E-state index is -4.59. The fourth-order valence-corrected chi connectivity index (χ4v) is 5.04. The number of halogens is 3. The second-order valence-electron chi connectivity index (χ2n) is 10.9. The van der Waals surface area contributed by atoms with Crippen LogP contribution >= 0.6 is 0 Å². The summed E-state index contributed by atoms with van der Waals surface area (Å²) in [6.07, 6.45) is -2.40. The van der Waals surface area contributed by atoms with E-state index < -0.39 is 41.6 Å². The summed E-state index contributed by atoms with van der Waals surface area (Å²) < 4.78 is 46.7. The number of anilines is 2. The fourth-order valence-electron chi connectivity index (χ4n) is 5.04. The number of aromatic carboxylic acids is 1. The lowest BCUT2D eigenvalue weighted by Crippen LogP contribution is -2.30. The average Bonchev–Trinajstić information content (AvgIpc) is 3.56. The van der Waals surface area contributed by atoms with E-state index in [0.29, 0.717) is 28.4 Å². The summed E-state index contributed by atoms with van der Waals surface area (Å²) in [7, 11) is 3.42. The van der Waals surface area contributed by atoms with E-state index in [2.05, 4.69) is 10.6 Å². The number of rotatable bonds is 10. The van der Waals surface area contributed by atoms with Crippen LogP contribution in [0.2, 0.25) is 0 Å². The first-order valence-electron chi connectivity index (χ1n) is 14.0. The largest absolute Gasteiger partial charge is 0.478 e. The molecule has 3 amide bonds. The predicted octanol–water partition coefficient (Wildman–Crippen LogP) is 5.68. The normalized spacial score (nSPS) is 14.1. The van der Waals surface area contributed by atoms with Crippen LogP contribution in [0.25, 0.3) is 11.6 Å². The maximum Gasteiger partial charge on any atom is 0.416 e. The molecule has 0 radical (unpaired) electrons. The molecule has 1 aliphatic heterocycles. The van der Waals surface area contributed by atoms with Crippen LogP contribution in [0.3, 0.4) is 0 Å². The highest BCUT2D eigenvalue weighted by atomic mass is 19.4. The molecule has 3 aromatic carbocycles. The van der Waals surface area contributed by atoms with E-state index in [-0.39, 0.29) is 28.8 Å². The number of carboxylic acid groups (broad SMARTS) is 1. The first kappa shape index (κ1) is 32.5. The van der Waals surface area contributed by atoms with Gasteiger partial charge in [0.1, 0.15) is 11.5 Å². The van der Waals surface area contributed by atoms with Gasteiger partial charge >= 0.3 is 12.1 Å². The number of alkyl halides is 3. The molecular formula is C33H28F3N5O6. The Bertz CT molecular complexity index is 1930. The van der Waals surface area contributed by atoms with Crippen LogP contribution in [0, 0.1) is 0 Å². The third-order valence-corrected chi connectivity index (χ3v) is 7.27. The van der Waals surface area contributed by atoms with Gasteiger partial charge in [-0.3, -0.25) is 19.3 Å². The summed E-state index contributed by atoms with van der Waals surface area (Å²) in [4.78, 5) is 50.9. The van der Waals surface area contributed by atoms with Crippen molar-refractivity contribution in [1.29, 1.82) is 0 Å². The standard InChI is InChI=1S/C33H28F3N5O6/c1-40(2)29(16-28(37)42)41-17-19(32(45)46)12-22(41)14-26-25-10-9-24(15-27(25)39-31(26)44)47-23-8-4-7-21(13-23)38-30(43)18-5-3-6-20(11-18)33(34,35)36/h3-15,17,29H,16H2,1-2H3,(H2,37,42)(H,38,43)(H,39,44)(H,45,46). The molecule has 1 aromatic heterocycles. The van der Waals surface area contributed by atoms with Gasteiger partial charge in [0.15, 0.2) is 0 Å². The molecule has 5 N–H and O–H groups in total. The molecular weight excluding hydrogens is 619 g/mol. The van der Waals surface area contributed by atoms with Crippen molar-refractivity contribution in [2.24, 2.45) is 5.73 Å². The van der Waals surface area contributed by atoms with Crippen LogP contribution < -0.4 is 21.1 Å². The second kappa shape index (κ2) is 12.8. The Morgan fingerprint density at radius 1 is 1.02 bits per heavy atom. The van der Waals surface area contributed by atoms with Crippen molar-refractivity contribution >= 4 is 46.7 Å². The highest BCUT2D eigenvalue weighted by Gasteiger charge is 2.31. The maximum absolute atomic E-state index is 13.1. The fraction of sp³-hybridized carbons (Fsp3) is 0.152. The topological polar surface area (TPSA) is 156 Å². The SMILES string of the molecule is CN(C)C(CC(N)=O)n1cc(C(=O)O)cc1C=C1C(=O)Nc2cc(Oc3cccc(NC(=O)c4cccc(C(F)(F)F)c4)c3)ccc21. The smallest absolute Gasteiger partial charge is 0.416 e. The van der Waals surface area contributed by atoms with E-state index in [4.69, 9.17) is 10.5 Å². The maximum atomic E-state index is 13.1. The number of carbonyl (C=O) groups excluding carboxylic acids is 3. The number of hydrogen-bond acceptors (Lipinski definition) is 6. The molecule has 2 heterocycles. The predicted molar refractivity (Wildman–Crippen MR) is 167 cm³/mol. The summed E-state index contributed by atoms with van der Waals surface area (Å²) in [5.41, 5.74) is 6.12. The lowest BCUT2D eigenvalue weighted by atomic mass is 10.1. The molecule has 11 nitrogen and oxygen atoms in total. The number of benzene rings is 3. The molecule has 242 valence electrons. The van der Waals surface area contributed by atoms with Crippen LogP contribution in [0.15, 0.2) is 79.0 Å². The van der Waals surface area contributed by atoms with Gasteiger partial charge < -0.3 is 30.8 Å². The highest BCUT2D eigenvalue weighted by molar-refractivity contribution is 6.35. The van der Waals surface area contributed by atoms with E-state index in [0.717, 1.165) is 18.2 Å². The molecule has 0 fully saturated rings. The first-order valence-corrected chi connectivity index (χ1v) is 14.0. The Balaban J connectivity index is 1.37. The number of ether oxygens (including phenoxy) is 1. The van der Waals surface area contributed by atoms with Gasteiger partial charge in [0.05, 0.1) is 35.0 Å². The van der Waals surface area contributed by atoms with Crippen molar-refractivity contribution in [1.82, 2.24) is 9.47 Å². The van der Waals surface area contributed by atoms with Crippen molar-refractivity contribution in [3.8, 4) is 11.5 Å². The monoisotopic (exact) mass is 647 g/mol. The van der Waals surface area contributed by atoms with E-state index in [1.54, 1.807) is 60.0 Å². The number of amides is 3. The summed E-state index contributed by atoms with van der Waals surface area (Å²) in [5, 5.41) is 14.9. The van der Waals surface area contributed by atoms with Crippen molar-refractivity contribution in [3.63, 3.8) is 0 Å². The first-order chi connectivity index (χ1) is 22.2. The molecule has 5 rings (SSSR count). The molecule has 0 aliphatic carbocycles. The van der Waals surface area contributed by atoms with Gasteiger partial charge in [0, 0.05) is 40.8 Å². The molecule has 0 spiro atoms. The van der Waals surface area contributed by atoms with Gasteiger partial charge in [-0.25, -0.2) is 4.79 Å². The van der Waals surface area contributed by atoms with Crippen molar-refractivity contribution in [3.05, 3.63) is 107 Å². The number of carbonyl (C=O) groups is 4. The summed E-state index contributed by atoms with van der Waals surface area (Å²) in [5.74, 6) is -2.32. The van der Waals surface area contributed by atoms with Gasteiger partial charge in [-0.15, -0.1) is 0 Å². The van der Waals surface area contributed by atoms with Gasteiger partial charge in [-0.1, -0.05) is 12.1 Å². The Labute approximate surface area is 266 Å². The second-order valence-corrected chi connectivity index (χ2v) is 10.9. The van der Waals surface area contributed by atoms with Gasteiger partial charge in [-0.05, 0) is 68.7 Å². The zero-order valence-electron chi connectivity index (χ0n) is 25.0. The summed E-state index contributed by atoms with van der Waals surface area (Å²) in [6, 6.07) is 16.5. The molecule has 0 bridgehead atoms. The van der Waals surface area contributed by atoms with Crippen LogP contribution in [-0.2, 0) is 15.8 Å². The van der Waals surface area contributed by atoms with Crippen molar-refractivity contribution in [2.75, 3.05) is 24.7 Å². The molecule has 1 atom stereocenters. The molecule has 14 heteroatoms. The number of primary amides is 1. The minimum Gasteiger partial charge on any atom is -0.478 e. The molecule has 47 heavy (non-hydrogen) atoms. The van der Waals surface area contributed by atoms with E-state index in [9.17, 15) is 37.5 Å². The number of hydrogen-bond donors (Lipinski definition) is 4. The van der Waals surface area contributed by atoms with Gasteiger partial charge in [-0.2, -0.15) is 13.2 Å². The summed E-state index contributed by atoms with van der Waals surface area (Å²) >= 11 is 0. The number of fused-ring (bicyclic) bond motifs is 1. The lowest BCUT2D eigenvalue weighted by Gasteiger charge is -2.26. The highest BCUT2D eigenvalue weighted by Crippen LogP contribution is 2.38. The van der Waals surface area contributed by atoms with E-state index in [1.807, 2.05) is 0 Å².